The van der Waals surface area contributed by atoms with Gasteiger partial charge in [0, 0.05) is 10.6 Å². The van der Waals surface area contributed by atoms with Crippen LogP contribution >= 0.6 is 11.6 Å². The lowest BCUT2D eigenvalue weighted by atomic mass is 10.1. The van der Waals surface area contributed by atoms with Crippen molar-refractivity contribution < 1.29 is 4.74 Å². The van der Waals surface area contributed by atoms with Crippen molar-refractivity contribution in [3.8, 4) is 5.75 Å². The maximum Gasteiger partial charge on any atom is 0.127 e. The molecule has 0 saturated heterocycles. The molecule has 0 aromatic heterocycles. The Morgan fingerprint density at radius 2 is 1.43 bits per heavy atom. The minimum atomic E-state index is 0.714. The van der Waals surface area contributed by atoms with Crippen LogP contribution in [0.2, 0.25) is 5.02 Å². The van der Waals surface area contributed by atoms with E-state index in [-0.39, 0.29) is 0 Å². The molecule has 0 spiro atoms. The van der Waals surface area contributed by atoms with E-state index >= 15 is 0 Å². The van der Waals surface area contributed by atoms with Gasteiger partial charge in [-0.25, -0.2) is 0 Å². The number of benzene rings is 4. The van der Waals surface area contributed by atoms with Gasteiger partial charge < -0.3 is 4.74 Å². The number of fused-ring (bicyclic) bond motifs is 1. The molecule has 0 aliphatic rings. The summed E-state index contributed by atoms with van der Waals surface area (Å²) in [5, 5.41) is 3.06. The number of ether oxygens (including phenoxy) is 1. The summed E-state index contributed by atoms with van der Waals surface area (Å²) in [4.78, 5) is 0. The van der Waals surface area contributed by atoms with E-state index in [0.29, 0.717) is 5.02 Å². The monoisotopic (exact) mass is 382 g/mol. The summed E-state index contributed by atoms with van der Waals surface area (Å²) < 4.78 is 6.00. The molecule has 0 aliphatic heterocycles. The van der Waals surface area contributed by atoms with Crippen LogP contribution in [0, 0.1) is 0 Å². The first-order valence-corrected chi connectivity index (χ1v) is 9.50. The molecular formula is C26H19ClO. The Balaban J connectivity index is 1.64. The highest BCUT2D eigenvalue weighted by Gasteiger charge is 2.01. The van der Waals surface area contributed by atoms with E-state index in [4.69, 9.17) is 16.3 Å². The second-order valence-corrected chi connectivity index (χ2v) is 6.89. The summed E-state index contributed by atoms with van der Waals surface area (Å²) in [6.45, 7) is 0. The maximum atomic E-state index is 6.05. The quantitative estimate of drug-likeness (QED) is 0.254. The van der Waals surface area contributed by atoms with Crippen LogP contribution in [-0.2, 0) is 0 Å². The molecule has 0 N–H and O–H groups in total. The van der Waals surface area contributed by atoms with Crippen molar-refractivity contribution in [2.45, 2.75) is 0 Å². The van der Waals surface area contributed by atoms with Gasteiger partial charge in [-0.2, -0.15) is 0 Å². The third kappa shape index (κ3) is 4.51. The molecule has 1 nitrogen and oxygen atoms in total. The van der Waals surface area contributed by atoms with E-state index < -0.39 is 0 Å². The zero-order valence-corrected chi connectivity index (χ0v) is 16.0. The molecule has 0 heterocycles. The largest absolute Gasteiger partial charge is 0.464 e. The predicted octanol–water partition coefficient (Wildman–Crippen LogP) is 7.63. The van der Waals surface area contributed by atoms with E-state index in [1.165, 1.54) is 5.39 Å². The van der Waals surface area contributed by atoms with Crippen molar-refractivity contribution in [2.24, 2.45) is 0 Å². The number of allylic oxidation sites excluding steroid dienone is 2. The van der Waals surface area contributed by atoms with Gasteiger partial charge in [0.25, 0.3) is 0 Å². The molecular weight excluding hydrogens is 364 g/mol. The van der Waals surface area contributed by atoms with Crippen molar-refractivity contribution >= 4 is 34.0 Å². The van der Waals surface area contributed by atoms with Crippen molar-refractivity contribution in [3.63, 3.8) is 0 Å². The molecule has 4 aromatic carbocycles. The predicted molar refractivity (Wildman–Crippen MR) is 119 cm³/mol. The summed E-state index contributed by atoms with van der Waals surface area (Å²) in [6.07, 6.45) is 5.91. The van der Waals surface area contributed by atoms with Crippen LogP contribution < -0.4 is 4.74 Å². The second kappa shape index (κ2) is 8.60. The number of hydrogen-bond donors (Lipinski definition) is 0. The highest BCUT2D eigenvalue weighted by Crippen LogP contribution is 2.24. The Morgan fingerprint density at radius 1 is 0.714 bits per heavy atom. The highest BCUT2D eigenvalue weighted by molar-refractivity contribution is 6.30. The van der Waals surface area contributed by atoms with Crippen LogP contribution in [0.25, 0.3) is 22.4 Å². The SMILES string of the molecule is Clc1ccc(C(C=Cc2ccccc2)=COc2ccc3ccccc3c2)cc1. The number of halogens is 1. The summed E-state index contributed by atoms with van der Waals surface area (Å²) in [6, 6.07) is 32.3. The van der Waals surface area contributed by atoms with E-state index in [0.717, 1.165) is 27.8 Å². The molecule has 0 amide bonds. The van der Waals surface area contributed by atoms with Gasteiger partial charge in [-0.3, -0.25) is 0 Å². The molecule has 0 aliphatic carbocycles. The normalized spacial score (nSPS) is 11.8. The van der Waals surface area contributed by atoms with Crippen LogP contribution in [0.3, 0.4) is 0 Å². The standard InChI is InChI=1S/C26H19ClO/c27-25-15-12-22(13-16-25)24(11-10-20-6-2-1-3-7-20)19-28-26-17-14-21-8-4-5-9-23(21)18-26/h1-19H. The van der Waals surface area contributed by atoms with Crippen molar-refractivity contribution in [1.29, 1.82) is 0 Å². The van der Waals surface area contributed by atoms with Gasteiger partial charge >= 0.3 is 0 Å². The van der Waals surface area contributed by atoms with Crippen LogP contribution in [0.5, 0.6) is 5.75 Å². The second-order valence-electron chi connectivity index (χ2n) is 6.45. The van der Waals surface area contributed by atoms with Gasteiger partial charge in [-0.05, 0) is 46.2 Å². The summed E-state index contributed by atoms with van der Waals surface area (Å²) >= 11 is 6.05. The van der Waals surface area contributed by atoms with Gasteiger partial charge in [-0.1, -0.05) is 96.5 Å². The molecule has 2 heteroatoms. The van der Waals surface area contributed by atoms with Gasteiger partial charge in [0.2, 0.25) is 0 Å². The molecule has 0 atom stereocenters. The van der Waals surface area contributed by atoms with Gasteiger partial charge in [0.1, 0.15) is 5.75 Å². The molecule has 4 aromatic rings. The molecule has 0 fully saturated rings. The van der Waals surface area contributed by atoms with E-state index in [1.807, 2.05) is 66.7 Å². The fourth-order valence-electron chi connectivity index (χ4n) is 2.97. The molecule has 136 valence electrons. The Bertz CT molecular complexity index is 1130. The smallest absolute Gasteiger partial charge is 0.127 e. The lowest BCUT2D eigenvalue weighted by molar-refractivity contribution is 0.484. The molecule has 0 radical (unpaired) electrons. The average Bonchev–Trinajstić information content (AvgIpc) is 2.75. The summed E-state index contributed by atoms with van der Waals surface area (Å²) in [5.74, 6) is 0.804. The molecule has 0 saturated carbocycles. The number of rotatable bonds is 5. The molecule has 0 unspecified atom stereocenters. The number of hydrogen-bond acceptors (Lipinski definition) is 1. The minimum absolute atomic E-state index is 0.714. The molecule has 0 bridgehead atoms. The first kappa shape index (κ1) is 18.1. The first-order valence-electron chi connectivity index (χ1n) is 9.13. The van der Waals surface area contributed by atoms with Crippen LogP contribution in [0.1, 0.15) is 11.1 Å². The maximum absolute atomic E-state index is 6.05. The van der Waals surface area contributed by atoms with Crippen LogP contribution in [0.4, 0.5) is 0 Å². The fraction of sp³-hybridized carbons (Fsp3) is 0. The summed E-state index contributed by atoms with van der Waals surface area (Å²) in [5.41, 5.74) is 3.14. The van der Waals surface area contributed by atoms with Gasteiger partial charge in [0.15, 0.2) is 0 Å². The van der Waals surface area contributed by atoms with Crippen molar-refractivity contribution in [3.05, 3.63) is 126 Å². The lowest BCUT2D eigenvalue weighted by Gasteiger charge is -2.07. The van der Waals surface area contributed by atoms with E-state index in [2.05, 4.69) is 42.5 Å². The third-order valence-electron chi connectivity index (χ3n) is 4.48. The molecule has 28 heavy (non-hydrogen) atoms. The molecule has 4 rings (SSSR count). The fourth-order valence-corrected chi connectivity index (χ4v) is 3.09. The first-order chi connectivity index (χ1) is 13.8. The Morgan fingerprint density at radius 3 is 2.21 bits per heavy atom. The van der Waals surface area contributed by atoms with Crippen LogP contribution in [0.15, 0.2) is 109 Å². The highest BCUT2D eigenvalue weighted by atomic mass is 35.5. The van der Waals surface area contributed by atoms with Crippen molar-refractivity contribution in [1.82, 2.24) is 0 Å². The Kier molecular flexibility index (Phi) is 5.56. The third-order valence-corrected chi connectivity index (χ3v) is 4.73. The van der Waals surface area contributed by atoms with Crippen molar-refractivity contribution in [2.75, 3.05) is 0 Å². The Labute approximate surface area is 170 Å². The van der Waals surface area contributed by atoms with Gasteiger partial charge in [0.05, 0.1) is 6.26 Å². The minimum Gasteiger partial charge on any atom is -0.464 e. The van der Waals surface area contributed by atoms with Gasteiger partial charge in [-0.15, -0.1) is 0 Å². The van der Waals surface area contributed by atoms with Crippen LogP contribution in [-0.4, -0.2) is 0 Å². The Hall–Kier alpha value is -3.29. The van der Waals surface area contributed by atoms with E-state index in [9.17, 15) is 0 Å². The zero-order chi connectivity index (χ0) is 19.2. The zero-order valence-electron chi connectivity index (χ0n) is 15.3. The lowest BCUT2D eigenvalue weighted by Crippen LogP contribution is -1.88. The van der Waals surface area contributed by atoms with E-state index in [1.54, 1.807) is 6.26 Å². The topological polar surface area (TPSA) is 9.23 Å². The average molecular weight is 383 g/mol. The summed E-state index contributed by atoms with van der Waals surface area (Å²) in [7, 11) is 0.